The normalized spacial score (nSPS) is 12.9. The van der Waals surface area contributed by atoms with Crippen LogP contribution in [-0.4, -0.2) is 29.8 Å². The highest BCUT2D eigenvalue weighted by Crippen LogP contribution is 2.25. The third-order valence-electron chi connectivity index (χ3n) is 2.68. The minimum Gasteiger partial charge on any atom is -0.385 e. The molecule has 1 aromatic heterocycles. The number of rotatable bonds is 9. The van der Waals surface area contributed by atoms with E-state index in [1.165, 1.54) is 22.1 Å². The molecular weight excluding hydrogens is 234 g/mol. The van der Waals surface area contributed by atoms with E-state index in [4.69, 9.17) is 4.74 Å². The summed E-state index contributed by atoms with van der Waals surface area (Å²) in [4.78, 5) is 1.31. The molecule has 4 nitrogen and oxygen atoms in total. The van der Waals surface area contributed by atoms with Gasteiger partial charge in [-0.2, -0.15) is 0 Å². The molecule has 0 spiro atoms. The van der Waals surface area contributed by atoms with Crippen LogP contribution in [0.2, 0.25) is 0 Å². The average Bonchev–Trinajstić information content (AvgIpc) is 2.77. The van der Waals surface area contributed by atoms with Gasteiger partial charge in [0, 0.05) is 19.8 Å². The van der Waals surface area contributed by atoms with Crippen molar-refractivity contribution in [3.63, 3.8) is 0 Å². The fourth-order valence-corrected chi connectivity index (χ4v) is 2.70. The van der Waals surface area contributed by atoms with E-state index in [9.17, 15) is 0 Å². The first kappa shape index (κ1) is 14.5. The monoisotopic (exact) mass is 257 g/mol. The molecule has 0 radical (unpaired) electrons. The van der Waals surface area contributed by atoms with Crippen LogP contribution in [0.5, 0.6) is 0 Å². The van der Waals surface area contributed by atoms with Gasteiger partial charge in [0.1, 0.15) is 0 Å². The zero-order chi connectivity index (χ0) is 12.5. The van der Waals surface area contributed by atoms with E-state index in [0.717, 1.165) is 38.8 Å². The van der Waals surface area contributed by atoms with Gasteiger partial charge < -0.3 is 10.1 Å². The van der Waals surface area contributed by atoms with Crippen molar-refractivity contribution >= 4 is 11.5 Å². The van der Waals surface area contributed by atoms with Crippen LogP contribution in [0.25, 0.3) is 0 Å². The quantitative estimate of drug-likeness (QED) is 0.691. The number of hydrogen-bond donors (Lipinski definition) is 1. The molecule has 0 aliphatic heterocycles. The van der Waals surface area contributed by atoms with Gasteiger partial charge in [-0.25, -0.2) is 0 Å². The minimum absolute atomic E-state index is 0.386. The van der Waals surface area contributed by atoms with E-state index in [0.29, 0.717) is 6.04 Å². The summed E-state index contributed by atoms with van der Waals surface area (Å²) in [6.45, 7) is 6.10. The predicted octanol–water partition coefficient (Wildman–Crippen LogP) is 2.57. The Bertz CT molecular complexity index is 304. The first-order chi connectivity index (χ1) is 8.33. The van der Waals surface area contributed by atoms with Crippen molar-refractivity contribution in [2.45, 2.75) is 45.6 Å². The number of ether oxygens (including phenoxy) is 1. The number of hydrogen-bond acceptors (Lipinski definition) is 5. The molecule has 1 rings (SSSR count). The van der Waals surface area contributed by atoms with Gasteiger partial charge in [-0.1, -0.05) is 24.8 Å². The molecule has 0 bridgehead atoms. The van der Waals surface area contributed by atoms with Crippen LogP contribution >= 0.6 is 11.5 Å². The summed E-state index contributed by atoms with van der Waals surface area (Å²) in [5.41, 5.74) is 1.17. The first-order valence-electron chi connectivity index (χ1n) is 6.36. The molecule has 5 heteroatoms. The Morgan fingerprint density at radius 2 is 2.24 bits per heavy atom. The largest absolute Gasteiger partial charge is 0.385 e. The van der Waals surface area contributed by atoms with Crippen molar-refractivity contribution in [2.75, 3.05) is 20.3 Å². The Kier molecular flexibility index (Phi) is 7.32. The van der Waals surface area contributed by atoms with Gasteiger partial charge in [-0.15, -0.1) is 5.10 Å². The van der Waals surface area contributed by atoms with Crippen molar-refractivity contribution < 1.29 is 4.74 Å². The molecule has 1 unspecified atom stereocenters. The molecule has 0 aliphatic rings. The zero-order valence-electron chi connectivity index (χ0n) is 11.0. The molecule has 17 heavy (non-hydrogen) atoms. The van der Waals surface area contributed by atoms with Gasteiger partial charge in [-0.3, -0.25) is 0 Å². The van der Waals surface area contributed by atoms with E-state index in [1.54, 1.807) is 7.11 Å². The van der Waals surface area contributed by atoms with E-state index in [-0.39, 0.29) is 0 Å². The first-order valence-corrected chi connectivity index (χ1v) is 7.14. The van der Waals surface area contributed by atoms with E-state index >= 15 is 0 Å². The summed E-state index contributed by atoms with van der Waals surface area (Å²) in [5, 5.41) is 7.75. The van der Waals surface area contributed by atoms with Crippen molar-refractivity contribution in [3.05, 3.63) is 10.6 Å². The number of aromatic nitrogens is 2. The zero-order valence-corrected chi connectivity index (χ0v) is 11.8. The molecule has 0 saturated carbocycles. The molecular formula is C12H23N3OS. The van der Waals surface area contributed by atoms with Crippen molar-refractivity contribution in [3.8, 4) is 0 Å². The van der Waals surface area contributed by atoms with Crippen molar-refractivity contribution in [2.24, 2.45) is 0 Å². The lowest BCUT2D eigenvalue weighted by Gasteiger charge is -2.16. The molecule has 0 amide bonds. The lowest BCUT2D eigenvalue weighted by atomic mass is 10.1. The van der Waals surface area contributed by atoms with Gasteiger partial charge in [0.2, 0.25) is 0 Å². The Balaban J connectivity index is 2.63. The third-order valence-corrected chi connectivity index (χ3v) is 3.56. The number of methoxy groups -OCH3 is 1. The second-order valence-corrected chi connectivity index (χ2v) is 4.86. The molecule has 0 saturated heterocycles. The smallest absolute Gasteiger partial charge is 0.0803 e. The Morgan fingerprint density at radius 3 is 2.88 bits per heavy atom. The summed E-state index contributed by atoms with van der Waals surface area (Å²) in [7, 11) is 1.75. The maximum absolute atomic E-state index is 5.11. The highest BCUT2D eigenvalue weighted by atomic mass is 32.1. The summed E-state index contributed by atoms with van der Waals surface area (Å²) >= 11 is 1.53. The standard InChI is InChI=1S/C12H23N3OS/c1-4-7-11-12(17-15-14-11)10(13-5-2)8-6-9-16-3/h10,13H,4-9H2,1-3H3. The lowest BCUT2D eigenvalue weighted by Crippen LogP contribution is -2.21. The van der Waals surface area contributed by atoms with Gasteiger partial charge in [-0.05, 0) is 37.3 Å². The summed E-state index contributed by atoms with van der Waals surface area (Å²) in [6.07, 6.45) is 4.30. The predicted molar refractivity (Wildman–Crippen MR) is 71.4 cm³/mol. The van der Waals surface area contributed by atoms with Crippen molar-refractivity contribution in [1.29, 1.82) is 0 Å². The molecule has 0 aromatic carbocycles. The van der Waals surface area contributed by atoms with E-state index in [2.05, 4.69) is 28.8 Å². The Labute approximate surface area is 108 Å². The van der Waals surface area contributed by atoms with Crippen molar-refractivity contribution in [1.82, 2.24) is 14.9 Å². The topological polar surface area (TPSA) is 47.0 Å². The van der Waals surface area contributed by atoms with Crippen LogP contribution in [0.15, 0.2) is 0 Å². The lowest BCUT2D eigenvalue weighted by molar-refractivity contribution is 0.189. The van der Waals surface area contributed by atoms with Crippen LogP contribution in [0.1, 0.15) is 49.7 Å². The number of aryl methyl sites for hydroxylation is 1. The molecule has 0 aliphatic carbocycles. The van der Waals surface area contributed by atoms with Gasteiger partial charge in [0.15, 0.2) is 0 Å². The molecule has 1 aromatic rings. The maximum atomic E-state index is 5.11. The molecule has 1 heterocycles. The molecule has 1 atom stereocenters. The maximum Gasteiger partial charge on any atom is 0.0803 e. The van der Waals surface area contributed by atoms with E-state index in [1.807, 2.05) is 0 Å². The van der Waals surface area contributed by atoms with Crippen LogP contribution in [0.4, 0.5) is 0 Å². The summed E-state index contributed by atoms with van der Waals surface area (Å²) in [5.74, 6) is 0. The van der Waals surface area contributed by atoms with Gasteiger partial charge in [0.25, 0.3) is 0 Å². The Morgan fingerprint density at radius 1 is 1.41 bits per heavy atom. The van der Waals surface area contributed by atoms with Gasteiger partial charge in [0.05, 0.1) is 10.6 Å². The highest BCUT2D eigenvalue weighted by molar-refractivity contribution is 7.05. The molecule has 1 N–H and O–H groups in total. The molecule has 0 fully saturated rings. The second kappa shape index (κ2) is 8.55. The summed E-state index contributed by atoms with van der Waals surface area (Å²) < 4.78 is 9.20. The van der Waals surface area contributed by atoms with Crippen LogP contribution in [0, 0.1) is 0 Å². The van der Waals surface area contributed by atoms with Crippen LogP contribution in [-0.2, 0) is 11.2 Å². The molecule has 98 valence electrons. The SMILES string of the molecule is CCCc1nnsc1C(CCCOC)NCC. The minimum atomic E-state index is 0.386. The Hall–Kier alpha value is -0.520. The summed E-state index contributed by atoms with van der Waals surface area (Å²) in [6, 6.07) is 0.386. The van der Waals surface area contributed by atoms with Crippen LogP contribution in [0.3, 0.4) is 0 Å². The number of nitrogens with zero attached hydrogens (tertiary/aromatic N) is 2. The van der Waals surface area contributed by atoms with Crippen LogP contribution < -0.4 is 5.32 Å². The third kappa shape index (κ3) is 4.69. The fraction of sp³-hybridized carbons (Fsp3) is 0.833. The fourth-order valence-electron chi connectivity index (χ4n) is 1.89. The van der Waals surface area contributed by atoms with E-state index < -0.39 is 0 Å². The highest BCUT2D eigenvalue weighted by Gasteiger charge is 2.17. The second-order valence-electron chi connectivity index (χ2n) is 4.08. The average molecular weight is 257 g/mol. The number of nitrogens with one attached hydrogen (secondary N) is 1. The van der Waals surface area contributed by atoms with Gasteiger partial charge >= 0.3 is 0 Å².